The summed E-state index contributed by atoms with van der Waals surface area (Å²) in [6, 6.07) is 9.24. The Balaban J connectivity index is 2.15. The number of rotatable bonds is 4. The molecule has 0 atom stereocenters. The zero-order chi connectivity index (χ0) is 15.5. The minimum absolute atomic E-state index is 0.126. The van der Waals surface area contributed by atoms with Crippen LogP contribution in [0.3, 0.4) is 0 Å². The number of fused-ring (bicyclic) bond motifs is 1. The van der Waals surface area contributed by atoms with Crippen molar-refractivity contribution in [3.63, 3.8) is 0 Å². The second kappa shape index (κ2) is 6.24. The molecule has 0 bridgehead atoms. The largest absolute Gasteiger partial charge is 0.394 e. The summed E-state index contributed by atoms with van der Waals surface area (Å²) >= 11 is 5.94. The zero-order valence-corrected chi connectivity index (χ0v) is 12.7. The first-order chi connectivity index (χ1) is 9.89. The number of carbonyl (C=O) groups is 1. The van der Waals surface area contributed by atoms with Gasteiger partial charge >= 0.3 is 0 Å². The molecular weight excluding hydrogens is 288 g/mol. The van der Waals surface area contributed by atoms with Crippen molar-refractivity contribution in [3.8, 4) is 0 Å². The van der Waals surface area contributed by atoms with Crippen molar-refractivity contribution in [3.05, 3.63) is 47.1 Å². The average molecular weight is 305 g/mol. The van der Waals surface area contributed by atoms with Crippen molar-refractivity contribution in [2.24, 2.45) is 0 Å². The maximum atomic E-state index is 11.8. The van der Waals surface area contributed by atoms with E-state index in [9.17, 15) is 4.79 Å². The van der Waals surface area contributed by atoms with Crippen LogP contribution < -0.4 is 5.32 Å². The molecule has 1 amide bonds. The molecule has 0 aliphatic heterocycles. The van der Waals surface area contributed by atoms with E-state index in [0.29, 0.717) is 10.7 Å². The summed E-state index contributed by atoms with van der Waals surface area (Å²) in [6.45, 7) is 3.36. The van der Waals surface area contributed by atoms with Gasteiger partial charge < -0.3 is 10.4 Å². The van der Waals surface area contributed by atoms with Gasteiger partial charge in [0.25, 0.3) is 0 Å². The number of amides is 1. The molecule has 0 saturated heterocycles. The maximum absolute atomic E-state index is 11.8. The van der Waals surface area contributed by atoms with Gasteiger partial charge in [0.2, 0.25) is 5.91 Å². The highest BCUT2D eigenvalue weighted by molar-refractivity contribution is 6.31. The van der Waals surface area contributed by atoms with E-state index >= 15 is 0 Å². The SMILES string of the molecule is CC(C)(CO)NC(=O)/C=C/c1ccc2ccc(Cl)cc2n1. The van der Waals surface area contributed by atoms with Crippen LogP contribution in [0, 0.1) is 0 Å². The van der Waals surface area contributed by atoms with Crippen LogP contribution in [0.15, 0.2) is 36.4 Å². The third kappa shape index (κ3) is 4.28. The summed E-state index contributed by atoms with van der Waals surface area (Å²) in [5, 5.41) is 13.4. The molecule has 0 aliphatic carbocycles. The first-order valence-corrected chi connectivity index (χ1v) is 6.95. The van der Waals surface area contributed by atoms with Gasteiger partial charge in [0.05, 0.1) is 23.4 Å². The topological polar surface area (TPSA) is 62.2 Å². The number of benzene rings is 1. The molecular formula is C16H17ClN2O2. The van der Waals surface area contributed by atoms with Crippen LogP contribution in [0.1, 0.15) is 19.5 Å². The highest BCUT2D eigenvalue weighted by atomic mass is 35.5. The van der Waals surface area contributed by atoms with Gasteiger partial charge in [-0.25, -0.2) is 4.98 Å². The maximum Gasteiger partial charge on any atom is 0.244 e. The molecule has 1 heterocycles. The predicted octanol–water partition coefficient (Wildman–Crippen LogP) is 2.79. The van der Waals surface area contributed by atoms with Crippen LogP contribution in [0.4, 0.5) is 0 Å². The first kappa shape index (κ1) is 15.5. The van der Waals surface area contributed by atoms with Gasteiger partial charge in [0.15, 0.2) is 0 Å². The molecule has 0 saturated carbocycles. The van der Waals surface area contributed by atoms with Crippen molar-refractivity contribution in [2.45, 2.75) is 19.4 Å². The van der Waals surface area contributed by atoms with Crippen LogP contribution >= 0.6 is 11.6 Å². The van der Waals surface area contributed by atoms with E-state index in [4.69, 9.17) is 16.7 Å². The predicted molar refractivity (Wildman–Crippen MR) is 85.1 cm³/mol. The summed E-state index contributed by atoms with van der Waals surface area (Å²) < 4.78 is 0. The number of hydrogen-bond acceptors (Lipinski definition) is 3. The highest BCUT2D eigenvalue weighted by Crippen LogP contribution is 2.18. The van der Waals surface area contributed by atoms with Crippen molar-refractivity contribution >= 4 is 34.5 Å². The molecule has 4 nitrogen and oxygen atoms in total. The summed E-state index contributed by atoms with van der Waals surface area (Å²) in [5.74, 6) is -0.276. The van der Waals surface area contributed by atoms with E-state index in [1.165, 1.54) is 6.08 Å². The first-order valence-electron chi connectivity index (χ1n) is 6.57. The van der Waals surface area contributed by atoms with Crippen molar-refractivity contribution < 1.29 is 9.90 Å². The van der Waals surface area contributed by atoms with Crippen molar-refractivity contribution in [2.75, 3.05) is 6.61 Å². The molecule has 2 N–H and O–H groups in total. The molecule has 1 aromatic heterocycles. The smallest absolute Gasteiger partial charge is 0.244 e. The Bertz CT molecular complexity index is 696. The molecule has 2 rings (SSSR count). The van der Waals surface area contributed by atoms with Gasteiger partial charge in [-0.15, -0.1) is 0 Å². The molecule has 0 fully saturated rings. The minimum Gasteiger partial charge on any atom is -0.394 e. The Morgan fingerprint density at radius 1 is 1.38 bits per heavy atom. The lowest BCUT2D eigenvalue weighted by Crippen LogP contribution is -2.45. The minimum atomic E-state index is -0.647. The lowest BCUT2D eigenvalue weighted by Gasteiger charge is -2.22. The Morgan fingerprint density at radius 2 is 2.10 bits per heavy atom. The lowest BCUT2D eigenvalue weighted by molar-refractivity contribution is -0.118. The molecule has 110 valence electrons. The Labute approximate surface area is 128 Å². The third-order valence-corrected chi connectivity index (χ3v) is 3.17. The van der Waals surface area contributed by atoms with E-state index in [2.05, 4.69) is 10.3 Å². The number of hydrogen-bond donors (Lipinski definition) is 2. The standard InChI is InChI=1S/C16H17ClN2O2/c1-16(2,10-20)19-15(21)8-7-13-6-4-11-3-5-12(17)9-14(11)18-13/h3-9,20H,10H2,1-2H3,(H,19,21)/b8-7+. The number of aliphatic hydroxyl groups is 1. The average Bonchev–Trinajstić information content (AvgIpc) is 2.44. The molecule has 0 radical (unpaired) electrons. The van der Waals surface area contributed by atoms with Crippen molar-refractivity contribution in [1.29, 1.82) is 0 Å². The Kier molecular flexibility index (Phi) is 4.60. The van der Waals surface area contributed by atoms with Gasteiger partial charge in [-0.3, -0.25) is 4.79 Å². The normalized spacial score (nSPS) is 12.0. The van der Waals surface area contributed by atoms with E-state index in [-0.39, 0.29) is 12.5 Å². The Hall–Kier alpha value is -1.91. The van der Waals surface area contributed by atoms with Crippen molar-refractivity contribution in [1.82, 2.24) is 10.3 Å². The molecule has 0 unspecified atom stereocenters. The summed E-state index contributed by atoms with van der Waals surface area (Å²) in [4.78, 5) is 16.2. The van der Waals surface area contributed by atoms with Crippen LogP contribution in [0.25, 0.3) is 17.0 Å². The van der Waals surface area contributed by atoms with Crippen LogP contribution in [0.5, 0.6) is 0 Å². The zero-order valence-electron chi connectivity index (χ0n) is 11.9. The Morgan fingerprint density at radius 3 is 2.81 bits per heavy atom. The molecule has 0 aliphatic rings. The fraction of sp³-hybridized carbons (Fsp3) is 0.250. The summed E-state index contributed by atoms with van der Waals surface area (Å²) in [6.07, 6.45) is 3.03. The van der Waals surface area contributed by atoms with E-state index < -0.39 is 5.54 Å². The molecule has 5 heteroatoms. The van der Waals surface area contributed by atoms with Crippen LogP contribution in [-0.2, 0) is 4.79 Å². The van der Waals surface area contributed by atoms with Gasteiger partial charge in [0.1, 0.15) is 0 Å². The summed E-state index contributed by atoms with van der Waals surface area (Å²) in [7, 11) is 0. The number of carbonyl (C=O) groups excluding carboxylic acids is 1. The van der Waals surface area contributed by atoms with E-state index in [0.717, 1.165) is 10.9 Å². The number of nitrogens with zero attached hydrogens (tertiary/aromatic N) is 1. The number of pyridine rings is 1. The van der Waals surface area contributed by atoms with E-state index in [1.807, 2.05) is 24.3 Å². The van der Waals surface area contributed by atoms with Crippen LogP contribution in [-0.4, -0.2) is 28.1 Å². The number of aromatic nitrogens is 1. The van der Waals surface area contributed by atoms with Gasteiger partial charge in [-0.1, -0.05) is 23.7 Å². The highest BCUT2D eigenvalue weighted by Gasteiger charge is 2.17. The molecule has 0 spiro atoms. The second-order valence-corrected chi connectivity index (χ2v) is 5.87. The quantitative estimate of drug-likeness (QED) is 0.854. The number of nitrogens with one attached hydrogen (secondary N) is 1. The van der Waals surface area contributed by atoms with E-state index in [1.54, 1.807) is 26.0 Å². The fourth-order valence-corrected chi connectivity index (χ4v) is 1.94. The van der Waals surface area contributed by atoms with Crippen LogP contribution in [0.2, 0.25) is 5.02 Å². The second-order valence-electron chi connectivity index (χ2n) is 5.44. The number of halogens is 1. The lowest BCUT2D eigenvalue weighted by atomic mass is 10.1. The molecule has 1 aromatic carbocycles. The fourth-order valence-electron chi connectivity index (χ4n) is 1.77. The molecule has 21 heavy (non-hydrogen) atoms. The van der Waals surface area contributed by atoms with Gasteiger partial charge in [-0.05, 0) is 38.1 Å². The number of aliphatic hydroxyl groups excluding tert-OH is 1. The summed E-state index contributed by atoms with van der Waals surface area (Å²) in [5.41, 5.74) is 0.800. The van der Waals surface area contributed by atoms with Gasteiger partial charge in [0, 0.05) is 16.5 Å². The third-order valence-electron chi connectivity index (χ3n) is 2.94. The molecule has 2 aromatic rings. The van der Waals surface area contributed by atoms with Gasteiger partial charge in [-0.2, -0.15) is 0 Å². The monoisotopic (exact) mass is 304 g/mol.